The lowest BCUT2D eigenvalue weighted by Gasteiger charge is -2.13. The van der Waals surface area contributed by atoms with Gasteiger partial charge in [-0.2, -0.15) is 5.10 Å². The lowest BCUT2D eigenvalue weighted by molar-refractivity contribution is -0.131. The molecule has 1 aromatic heterocycles. The molecule has 0 amide bonds. The molecule has 5 nitrogen and oxygen atoms in total. The van der Waals surface area contributed by atoms with Gasteiger partial charge in [0.1, 0.15) is 5.82 Å². The second kappa shape index (κ2) is 7.17. The number of hydrogen-bond donors (Lipinski definition) is 1. The summed E-state index contributed by atoms with van der Waals surface area (Å²) in [5.41, 5.74) is 3.09. The zero-order valence-corrected chi connectivity index (χ0v) is 15.0. The average molecular weight is 374 g/mol. The van der Waals surface area contributed by atoms with E-state index in [2.05, 4.69) is 5.10 Å². The monoisotopic (exact) mass is 373 g/mol. The summed E-state index contributed by atoms with van der Waals surface area (Å²) in [6.45, 7) is 0.341. The predicted molar refractivity (Wildman–Crippen MR) is 101 cm³/mol. The molecule has 0 bridgehead atoms. The van der Waals surface area contributed by atoms with E-state index < -0.39 is 11.8 Å². The van der Waals surface area contributed by atoms with Crippen LogP contribution in [0.3, 0.4) is 0 Å². The van der Waals surface area contributed by atoms with Gasteiger partial charge in [0.05, 0.1) is 17.8 Å². The van der Waals surface area contributed by atoms with Gasteiger partial charge in [0.2, 0.25) is 0 Å². The highest BCUT2D eigenvalue weighted by Gasteiger charge is 2.12. The molecule has 0 saturated heterocycles. The van der Waals surface area contributed by atoms with E-state index in [9.17, 15) is 9.18 Å². The maximum atomic E-state index is 13.3. The third-order valence-corrected chi connectivity index (χ3v) is 4.35. The van der Waals surface area contributed by atoms with E-state index in [0.717, 1.165) is 28.2 Å². The van der Waals surface area contributed by atoms with E-state index in [1.54, 1.807) is 10.7 Å². The second-order valence-electron chi connectivity index (χ2n) is 6.05. The number of carboxylic acid groups (broad SMARTS) is 1. The molecule has 0 atom stereocenters. The molecule has 0 spiro atoms. The Morgan fingerprint density at radius 3 is 2.73 bits per heavy atom. The summed E-state index contributed by atoms with van der Waals surface area (Å²) in [5.74, 6) is -1.44. The predicted octanol–water partition coefficient (Wildman–Crippen LogP) is 4.04. The van der Waals surface area contributed by atoms with E-state index in [1.165, 1.54) is 18.2 Å². The van der Waals surface area contributed by atoms with Crippen molar-refractivity contribution in [2.45, 2.75) is 6.54 Å². The minimum absolute atomic E-state index is 0.319. The molecular weight excluding hydrogens is 357 g/mol. The fourth-order valence-corrected chi connectivity index (χ4v) is 2.90. The summed E-state index contributed by atoms with van der Waals surface area (Å²) >= 11 is 6.14. The largest absolute Gasteiger partial charge is 0.478 e. The topological polar surface area (TPSA) is 58.4 Å². The van der Waals surface area contributed by atoms with Gasteiger partial charge in [-0.3, -0.25) is 4.68 Å². The molecule has 0 aliphatic rings. The van der Waals surface area contributed by atoms with Crippen molar-refractivity contribution in [1.29, 1.82) is 0 Å². The Balaban J connectivity index is 2.12. The molecule has 3 aromatic rings. The summed E-state index contributed by atoms with van der Waals surface area (Å²) in [7, 11) is 3.87. The number of benzene rings is 2. The normalized spacial score (nSPS) is 11.4. The van der Waals surface area contributed by atoms with E-state index >= 15 is 0 Å². The van der Waals surface area contributed by atoms with Gasteiger partial charge in [0, 0.05) is 36.3 Å². The van der Waals surface area contributed by atoms with Crippen molar-refractivity contribution in [3.8, 4) is 0 Å². The molecule has 1 heterocycles. The Hall–Kier alpha value is -2.86. The summed E-state index contributed by atoms with van der Waals surface area (Å²) in [5, 5.41) is 14.5. The van der Waals surface area contributed by atoms with Crippen LogP contribution >= 0.6 is 11.6 Å². The lowest BCUT2D eigenvalue weighted by atomic mass is 10.1. The van der Waals surface area contributed by atoms with Crippen LogP contribution in [-0.2, 0) is 11.3 Å². The molecule has 26 heavy (non-hydrogen) atoms. The molecule has 0 aliphatic carbocycles. The number of carbonyl (C=O) groups is 1. The van der Waals surface area contributed by atoms with Gasteiger partial charge in [-0.25, -0.2) is 9.18 Å². The highest BCUT2D eigenvalue weighted by Crippen LogP contribution is 2.27. The van der Waals surface area contributed by atoms with Crippen LogP contribution in [0, 0.1) is 5.82 Å². The van der Waals surface area contributed by atoms with Crippen LogP contribution in [0.2, 0.25) is 5.02 Å². The Bertz CT molecular complexity index is 1010. The molecule has 3 rings (SSSR count). The Morgan fingerprint density at radius 2 is 2.08 bits per heavy atom. The van der Waals surface area contributed by atoms with Crippen LogP contribution in [0.25, 0.3) is 17.0 Å². The molecule has 0 unspecified atom stereocenters. The highest BCUT2D eigenvalue weighted by molar-refractivity contribution is 6.31. The minimum atomic E-state index is -1.04. The first-order chi connectivity index (χ1) is 12.3. The van der Waals surface area contributed by atoms with Crippen molar-refractivity contribution >= 4 is 40.2 Å². The number of hydrogen-bond acceptors (Lipinski definition) is 3. The molecular formula is C19H17ClFN3O2. The van der Waals surface area contributed by atoms with E-state index in [1.807, 2.05) is 37.2 Å². The second-order valence-corrected chi connectivity index (χ2v) is 6.45. The zero-order chi connectivity index (χ0) is 18.8. The number of rotatable bonds is 5. The van der Waals surface area contributed by atoms with Gasteiger partial charge in [0.15, 0.2) is 0 Å². The highest BCUT2D eigenvalue weighted by atomic mass is 35.5. The minimum Gasteiger partial charge on any atom is -0.478 e. The number of fused-ring (bicyclic) bond motifs is 1. The number of carboxylic acids is 1. The number of halogens is 2. The van der Waals surface area contributed by atoms with Gasteiger partial charge in [0.25, 0.3) is 0 Å². The summed E-state index contributed by atoms with van der Waals surface area (Å²) < 4.78 is 15.0. The van der Waals surface area contributed by atoms with Crippen LogP contribution < -0.4 is 4.90 Å². The number of nitrogens with zero attached hydrogens (tertiary/aromatic N) is 3. The maximum absolute atomic E-state index is 13.3. The molecule has 0 aliphatic heterocycles. The Labute approximate surface area is 154 Å². The number of aromatic nitrogens is 2. The van der Waals surface area contributed by atoms with Crippen molar-refractivity contribution in [2.24, 2.45) is 0 Å². The summed E-state index contributed by atoms with van der Waals surface area (Å²) in [6.07, 6.45) is 2.51. The van der Waals surface area contributed by atoms with Gasteiger partial charge in [-0.1, -0.05) is 17.7 Å². The molecule has 7 heteroatoms. The maximum Gasteiger partial charge on any atom is 0.328 e. The van der Waals surface area contributed by atoms with E-state index in [0.29, 0.717) is 17.3 Å². The smallest absolute Gasteiger partial charge is 0.328 e. The molecule has 2 aromatic carbocycles. The van der Waals surface area contributed by atoms with Crippen molar-refractivity contribution in [3.63, 3.8) is 0 Å². The third kappa shape index (κ3) is 3.70. The standard InChI is InChI=1S/C19H17ClFN3O2/c1-23(2)14-5-6-15-17(7-8-19(25)26)22-24(18(15)10-14)11-12-3-4-13(21)9-16(12)20/h3-10H,11H2,1-2H3,(H,25,26). The van der Waals surface area contributed by atoms with E-state index in [-0.39, 0.29) is 0 Å². The Kier molecular flexibility index (Phi) is 4.95. The SMILES string of the molecule is CN(C)c1ccc2c(C=CC(=O)O)nn(Cc3ccc(F)cc3Cl)c2c1. The fraction of sp³-hybridized carbons (Fsp3) is 0.158. The number of aliphatic carboxylic acids is 1. The molecule has 0 fully saturated rings. The van der Waals surface area contributed by atoms with Crippen molar-refractivity contribution < 1.29 is 14.3 Å². The quantitative estimate of drug-likeness (QED) is 0.686. The van der Waals surface area contributed by atoms with Crippen LogP contribution in [0.5, 0.6) is 0 Å². The number of anilines is 1. The lowest BCUT2D eigenvalue weighted by Crippen LogP contribution is -2.09. The van der Waals surface area contributed by atoms with Gasteiger partial charge < -0.3 is 10.0 Å². The molecule has 134 valence electrons. The van der Waals surface area contributed by atoms with Gasteiger partial charge in [-0.05, 0) is 42.0 Å². The van der Waals surface area contributed by atoms with Crippen molar-refractivity contribution in [1.82, 2.24) is 9.78 Å². The fourth-order valence-electron chi connectivity index (χ4n) is 2.67. The van der Waals surface area contributed by atoms with Crippen LogP contribution in [-0.4, -0.2) is 35.0 Å². The molecule has 0 radical (unpaired) electrons. The van der Waals surface area contributed by atoms with Crippen molar-refractivity contribution in [2.75, 3.05) is 19.0 Å². The summed E-state index contributed by atoms with van der Waals surface area (Å²) in [4.78, 5) is 12.8. The van der Waals surface area contributed by atoms with Crippen LogP contribution in [0.15, 0.2) is 42.5 Å². The Morgan fingerprint density at radius 1 is 1.31 bits per heavy atom. The average Bonchev–Trinajstić information content (AvgIpc) is 2.92. The summed E-state index contributed by atoms with van der Waals surface area (Å²) in [6, 6.07) is 10.0. The first-order valence-corrected chi connectivity index (χ1v) is 8.26. The van der Waals surface area contributed by atoms with Gasteiger partial charge in [-0.15, -0.1) is 0 Å². The first kappa shape index (κ1) is 17.9. The first-order valence-electron chi connectivity index (χ1n) is 7.88. The van der Waals surface area contributed by atoms with E-state index in [4.69, 9.17) is 16.7 Å². The van der Waals surface area contributed by atoms with Crippen LogP contribution in [0.4, 0.5) is 10.1 Å². The third-order valence-electron chi connectivity index (χ3n) is 4.00. The van der Waals surface area contributed by atoms with Gasteiger partial charge >= 0.3 is 5.97 Å². The zero-order valence-electron chi connectivity index (χ0n) is 14.3. The molecule has 0 saturated carbocycles. The van der Waals surface area contributed by atoms with Crippen LogP contribution in [0.1, 0.15) is 11.3 Å². The van der Waals surface area contributed by atoms with Crippen molar-refractivity contribution in [3.05, 3.63) is 64.6 Å². The molecule has 1 N–H and O–H groups in total.